The summed E-state index contributed by atoms with van der Waals surface area (Å²) < 4.78 is 0. The molecule has 3 rings (SSSR count). The van der Waals surface area contributed by atoms with Crippen LogP contribution in [-0.4, -0.2) is 32.1 Å². The quantitative estimate of drug-likeness (QED) is 0.477. The molecule has 3 aromatic rings. The predicted octanol–water partition coefficient (Wildman–Crippen LogP) is 2.94. The number of amides is 1. The fourth-order valence-corrected chi connectivity index (χ4v) is 2.37. The third kappa shape index (κ3) is 3.26. The largest absolute Gasteiger partial charge is 0.476 e. The Kier molecular flexibility index (Phi) is 4.44. The highest BCUT2D eigenvalue weighted by Crippen LogP contribution is 2.29. The van der Waals surface area contributed by atoms with E-state index in [9.17, 15) is 24.8 Å². The molecule has 0 spiro atoms. The van der Waals surface area contributed by atoms with Crippen molar-refractivity contribution < 1.29 is 19.6 Å². The van der Waals surface area contributed by atoms with Crippen LogP contribution in [0.5, 0.6) is 0 Å². The molecule has 0 aliphatic heterocycles. The molecule has 1 heterocycles. The molecule has 0 aliphatic carbocycles. The zero-order valence-corrected chi connectivity index (χ0v) is 13.2. The van der Waals surface area contributed by atoms with Gasteiger partial charge in [0.25, 0.3) is 11.6 Å². The third-order valence-corrected chi connectivity index (χ3v) is 3.59. The number of hydrogen-bond donors (Lipinski definition) is 3. The number of nitrogens with zero attached hydrogens (tertiary/aromatic N) is 2. The second-order valence-electron chi connectivity index (χ2n) is 5.25. The smallest absolute Gasteiger partial charge is 0.356 e. The summed E-state index contributed by atoms with van der Waals surface area (Å²) in [5.74, 6) is -1.98. The number of carbonyl (C=O) groups is 2. The van der Waals surface area contributed by atoms with Crippen molar-refractivity contribution in [3.05, 3.63) is 76.0 Å². The number of benzene rings is 2. The second kappa shape index (κ2) is 6.85. The number of non-ortho nitro benzene ring substituents is 1. The number of carboxylic acids is 1. The minimum absolute atomic E-state index is 0.0137. The number of carbonyl (C=O) groups excluding carboxylic acids is 1. The van der Waals surface area contributed by atoms with Crippen LogP contribution in [0, 0.1) is 10.1 Å². The highest BCUT2D eigenvalue weighted by atomic mass is 16.6. The molecule has 0 atom stereocenters. The standard InChI is InChI=1S/C17H12N4O5/c22-16(11-7-4-8-12(9-11)21(25)26)18-14-13(10-5-2-1-3-6-10)19-20-15(14)17(23)24/h1-9H,(H,18,22)(H,19,20)(H,23,24). The minimum Gasteiger partial charge on any atom is -0.476 e. The number of carboxylic acid groups (broad SMARTS) is 1. The number of aromatic nitrogens is 2. The first-order chi connectivity index (χ1) is 12.5. The van der Waals surface area contributed by atoms with E-state index in [2.05, 4.69) is 15.5 Å². The lowest BCUT2D eigenvalue weighted by Gasteiger charge is -2.07. The Hall–Kier alpha value is -4.01. The Balaban J connectivity index is 2.00. The molecule has 0 saturated heterocycles. The van der Waals surface area contributed by atoms with Gasteiger partial charge in [0.05, 0.1) is 4.92 Å². The van der Waals surface area contributed by atoms with Gasteiger partial charge in [-0.2, -0.15) is 5.10 Å². The minimum atomic E-state index is -1.30. The Morgan fingerprint density at radius 3 is 2.50 bits per heavy atom. The van der Waals surface area contributed by atoms with E-state index in [1.165, 1.54) is 18.2 Å². The van der Waals surface area contributed by atoms with Crippen molar-refractivity contribution in [2.75, 3.05) is 5.32 Å². The number of aromatic amines is 1. The molecule has 130 valence electrons. The molecule has 9 nitrogen and oxygen atoms in total. The predicted molar refractivity (Wildman–Crippen MR) is 92.0 cm³/mol. The first kappa shape index (κ1) is 16.8. The molecule has 0 fully saturated rings. The average molecular weight is 352 g/mol. The summed E-state index contributed by atoms with van der Waals surface area (Å²) in [5.41, 5.74) is 0.331. The summed E-state index contributed by atoms with van der Waals surface area (Å²) >= 11 is 0. The molecule has 26 heavy (non-hydrogen) atoms. The summed E-state index contributed by atoms with van der Waals surface area (Å²) in [6.07, 6.45) is 0. The van der Waals surface area contributed by atoms with Crippen LogP contribution < -0.4 is 5.32 Å². The van der Waals surface area contributed by atoms with E-state index in [4.69, 9.17) is 0 Å². The first-order valence-electron chi connectivity index (χ1n) is 7.40. The Labute approximate surface area is 146 Å². The van der Waals surface area contributed by atoms with Crippen molar-refractivity contribution in [1.82, 2.24) is 10.2 Å². The van der Waals surface area contributed by atoms with Gasteiger partial charge in [0, 0.05) is 23.3 Å². The van der Waals surface area contributed by atoms with Crippen LogP contribution in [0.1, 0.15) is 20.8 Å². The lowest BCUT2D eigenvalue weighted by atomic mass is 10.1. The molecule has 9 heteroatoms. The molecule has 1 aromatic heterocycles. The SMILES string of the molecule is O=C(Nc1c(-c2ccccc2)n[nH]c1C(=O)O)c1cccc([N+](=O)[O-])c1. The number of rotatable bonds is 5. The maximum atomic E-state index is 12.5. The molecule has 0 unspecified atom stereocenters. The van der Waals surface area contributed by atoms with Crippen molar-refractivity contribution >= 4 is 23.3 Å². The van der Waals surface area contributed by atoms with Gasteiger partial charge in [-0.15, -0.1) is 0 Å². The maximum absolute atomic E-state index is 12.5. The lowest BCUT2D eigenvalue weighted by molar-refractivity contribution is -0.384. The van der Waals surface area contributed by atoms with Crippen LogP contribution in [0.25, 0.3) is 11.3 Å². The van der Waals surface area contributed by atoms with Gasteiger partial charge in [0.15, 0.2) is 5.69 Å². The normalized spacial score (nSPS) is 10.3. The number of nitro groups is 1. The van der Waals surface area contributed by atoms with Gasteiger partial charge in [0.2, 0.25) is 0 Å². The number of nitro benzene ring substituents is 1. The van der Waals surface area contributed by atoms with Crippen LogP contribution in [0.2, 0.25) is 0 Å². The number of aromatic carboxylic acids is 1. The van der Waals surface area contributed by atoms with Gasteiger partial charge < -0.3 is 10.4 Å². The van der Waals surface area contributed by atoms with Gasteiger partial charge in [-0.05, 0) is 6.07 Å². The van der Waals surface area contributed by atoms with Crippen molar-refractivity contribution in [2.45, 2.75) is 0 Å². The van der Waals surface area contributed by atoms with Gasteiger partial charge in [-0.25, -0.2) is 4.79 Å². The molecule has 0 saturated carbocycles. The van der Waals surface area contributed by atoms with E-state index in [0.717, 1.165) is 6.07 Å². The summed E-state index contributed by atoms with van der Waals surface area (Å²) in [7, 11) is 0. The van der Waals surface area contributed by atoms with Crippen LogP contribution in [-0.2, 0) is 0 Å². The topological polar surface area (TPSA) is 138 Å². The zero-order chi connectivity index (χ0) is 18.7. The van der Waals surface area contributed by atoms with Crippen LogP contribution in [0.3, 0.4) is 0 Å². The molecule has 1 amide bonds. The fraction of sp³-hybridized carbons (Fsp3) is 0. The van der Waals surface area contributed by atoms with E-state index >= 15 is 0 Å². The van der Waals surface area contributed by atoms with Gasteiger partial charge in [-0.3, -0.25) is 20.0 Å². The summed E-state index contributed by atoms with van der Waals surface area (Å²) in [6, 6.07) is 13.8. The third-order valence-electron chi connectivity index (χ3n) is 3.59. The molecule has 2 aromatic carbocycles. The van der Waals surface area contributed by atoms with Gasteiger partial charge in [-0.1, -0.05) is 36.4 Å². The number of nitrogens with one attached hydrogen (secondary N) is 2. The van der Waals surface area contributed by atoms with E-state index in [1.54, 1.807) is 30.3 Å². The fourth-order valence-electron chi connectivity index (χ4n) is 2.37. The molecular weight excluding hydrogens is 340 g/mol. The first-order valence-corrected chi connectivity index (χ1v) is 7.40. The number of anilines is 1. The maximum Gasteiger partial charge on any atom is 0.356 e. The lowest BCUT2D eigenvalue weighted by Crippen LogP contribution is -2.15. The summed E-state index contributed by atoms with van der Waals surface area (Å²) in [6.45, 7) is 0. The summed E-state index contributed by atoms with van der Waals surface area (Å²) in [4.78, 5) is 34.1. The molecule has 0 radical (unpaired) electrons. The monoisotopic (exact) mass is 352 g/mol. The van der Waals surface area contributed by atoms with E-state index < -0.39 is 16.8 Å². The van der Waals surface area contributed by atoms with Crippen molar-refractivity contribution in [3.8, 4) is 11.3 Å². The van der Waals surface area contributed by atoms with Gasteiger partial charge >= 0.3 is 5.97 Å². The Morgan fingerprint density at radius 1 is 1.12 bits per heavy atom. The van der Waals surface area contributed by atoms with Crippen molar-refractivity contribution in [2.24, 2.45) is 0 Å². The second-order valence-corrected chi connectivity index (χ2v) is 5.25. The van der Waals surface area contributed by atoms with Crippen molar-refractivity contribution in [1.29, 1.82) is 0 Å². The Bertz CT molecular complexity index is 997. The van der Waals surface area contributed by atoms with Crippen LogP contribution in [0.15, 0.2) is 54.6 Å². The average Bonchev–Trinajstić information content (AvgIpc) is 3.06. The highest BCUT2D eigenvalue weighted by molar-refractivity contribution is 6.09. The Morgan fingerprint density at radius 2 is 1.85 bits per heavy atom. The highest BCUT2D eigenvalue weighted by Gasteiger charge is 2.22. The molecule has 0 aliphatic rings. The van der Waals surface area contributed by atoms with Gasteiger partial charge in [0.1, 0.15) is 11.4 Å². The van der Waals surface area contributed by atoms with E-state index in [1.807, 2.05) is 0 Å². The van der Waals surface area contributed by atoms with E-state index in [-0.39, 0.29) is 28.3 Å². The molecule has 0 bridgehead atoms. The van der Waals surface area contributed by atoms with E-state index in [0.29, 0.717) is 5.56 Å². The summed E-state index contributed by atoms with van der Waals surface area (Å²) in [5, 5.41) is 29.0. The molecule has 3 N–H and O–H groups in total. The number of hydrogen-bond acceptors (Lipinski definition) is 5. The number of H-pyrrole nitrogens is 1. The van der Waals surface area contributed by atoms with Crippen LogP contribution >= 0.6 is 0 Å². The molecular formula is C17H12N4O5. The van der Waals surface area contributed by atoms with Crippen molar-refractivity contribution in [3.63, 3.8) is 0 Å². The van der Waals surface area contributed by atoms with Crippen LogP contribution in [0.4, 0.5) is 11.4 Å². The zero-order valence-electron chi connectivity index (χ0n) is 13.2.